The Morgan fingerprint density at radius 2 is 2.28 bits per heavy atom. The maximum absolute atomic E-state index is 5.62. The number of aryl methyl sites for hydroxylation is 1. The molecule has 0 amide bonds. The van der Waals surface area contributed by atoms with Gasteiger partial charge in [-0.15, -0.1) is 0 Å². The van der Waals surface area contributed by atoms with Crippen LogP contribution in [-0.4, -0.2) is 14.8 Å². The molecule has 0 aromatic carbocycles. The Morgan fingerprint density at radius 1 is 1.44 bits per heavy atom. The van der Waals surface area contributed by atoms with Crippen LogP contribution in [-0.2, 0) is 13.0 Å². The van der Waals surface area contributed by atoms with Crippen molar-refractivity contribution in [3.63, 3.8) is 0 Å². The average molecular weight is 310 g/mol. The highest BCUT2D eigenvalue weighted by atomic mass is 79.9. The maximum Gasteiger partial charge on any atom is 0.0522 e. The van der Waals surface area contributed by atoms with E-state index < -0.39 is 0 Å². The van der Waals surface area contributed by atoms with Gasteiger partial charge >= 0.3 is 0 Å². The maximum atomic E-state index is 5.62. The number of hydrogen-bond donors (Lipinski definition) is 2. The van der Waals surface area contributed by atoms with Crippen LogP contribution in [0.1, 0.15) is 24.1 Å². The van der Waals surface area contributed by atoms with Crippen LogP contribution >= 0.6 is 15.9 Å². The van der Waals surface area contributed by atoms with E-state index in [1.54, 1.807) is 6.20 Å². The summed E-state index contributed by atoms with van der Waals surface area (Å²) in [5.41, 5.74) is 5.03. The van der Waals surface area contributed by atoms with Crippen molar-refractivity contribution in [2.75, 3.05) is 0 Å². The summed E-state index contributed by atoms with van der Waals surface area (Å²) >= 11 is 3.41. The van der Waals surface area contributed by atoms with Gasteiger partial charge in [0.2, 0.25) is 0 Å². The summed E-state index contributed by atoms with van der Waals surface area (Å²) in [6, 6.07) is 2.05. The Labute approximate surface area is 115 Å². The minimum absolute atomic E-state index is 0.0320. The van der Waals surface area contributed by atoms with Crippen molar-refractivity contribution in [1.29, 1.82) is 0 Å². The zero-order valence-corrected chi connectivity index (χ0v) is 11.8. The molecule has 2 aromatic heterocycles. The van der Waals surface area contributed by atoms with Crippen molar-refractivity contribution >= 4 is 15.9 Å². The molecule has 18 heavy (non-hydrogen) atoms. The summed E-state index contributed by atoms with van der Waals surface area (Å²) < 4.78 is 2.85. The third-order valence-corrected chi connectivity index (χ3v) is 3.21. The second-order valence-corrected chi connectivity index (χ2v) is 4.98. The molecule has 1 unspecified atom stereocenters. The van der Waals surface area contributed by atoms with Gasteiger partial charge in [-0.05, 0) is 46.5 Å². The van der Waals surface area contributed by atoms with E-state index in [1.807, 2.05) is 29.3 Å². The van der Waals surface area contributed by atoms with Crippen LogP contribution in [0.15, 0.2) is 35.3 Å². The molecule has 5 nitrogen and oxygen atoms in total. The van der Waals surface area contributed by atoms with E-state index in [4.69, 9.17) is 5.84 Å². The summed E-state index contributed by atoms with van der Waals surface area (Å²) in [7, 11) is 0. The predicted molar refractivity (Wildman–Crippen MR) is 73.6 cm³/mol. The molecule has 96 valence electrons. The fraction of sp³-hybridized carbons (Fsp3) is 0.333. The van der Waals surface area contributed by atoms with Crippen molar-refractivity contribution in [3.05, 3.63) is 46.5 Å². The monoisotopic (exact) mass is 309 g/mol. The molecule has 0 radical (unpaired) electrons. The highest BCUT2D eigenvalue weighted by Crippen LogP contribution is 2.19. The number of aromatic nitrogens is 3. The lowest BCUT2D eigenvalue weighted by atomic mass is 10.0. The first kappa shape index (κ1) is 13.2. The number of hydrazine groups is 1. The van der Waals surface area contributed by atoms with Gasteiger partial charge in [0.25, 0.3) is 0 Å². The number of nitrogens with one attached hydrogen (secondary N) is 1. The first-order chi connectivity index (χ1) is 8.72. The van der Waals surface area contributed by atoms with E-state index in [1.165, 1.54) is 0 Å². The Kier molecular flexibility index (Phi) is 4.46. The number of halogens is 1. The van der Waals surface area contributed by atoms with Crippen LogP contribution in [0.25, 0.3) is 0 Å². The molecule has 2 aromatic rings. The van der Waals surface area contributed by atoms with Gasteiger partial charge in [0.05, 0.1) is 12.2 Å². The van der Waals surface area contributed by atoms with Crippen LogP contribution in [0.3, 0.4) is 0 Å². The highest BCUT2D eigenvalue weighted by Gasteiger charge is 2.12. The van der Waals surface area contributed by atoms with Crippen molar-refractivity contribution in [1.82, 2.24) is 20.2 Å². The van der Waals surface area contributed by atoms with Gasteiger partial charge in [-0.1, -0.05) is 0 Å². The molecule has 0 fully saturated rings. The Balaban J connectivity index is 2.14. The van der Waals surface area contributed by atoms with E-state index in [0.717, 1.165) is 28.6 Å². The van der Waals surface area contributed by atoms with Crippen molar-refractivity contribution in [3.8, 4) is 0 Å². The van der Waals surface area contributed by atoms with E-state index >= 15 is 0 Å². The van der Waals surface area contributed by atoms with Crippen LogP contribution < -0.4 is 11.3 Å². The van der Waals surface area contributed by atoms with Crippen LogP contribution in [0.2, 0.25) is 0 Å². The Hall–Kier alpha value is -1.24. The molecule has 2 rings (SSSR count). The number of hydrogen-bond acceptors (Lipinski definition) is 4. The summed E-state index contributed by atoms with van der Waals surface area (Å²) in [6.45, 7) is 2.94. The van der Waals surface area contributed by atoms with Gasteiger partial charge in [-0.3, -0.25) is 20.9 Å². The van der Waals surface area contributed by atoms with E-state index in [-0.39, 0.29) is 6.04 Å². The Morgan fingerprint density at radius 3 is 2.89 bits per heavy atom. The first-order valence-corrected chi connectivity index (χ1v) is 6.60. The molecule has 0 spiro atoms. The van der Waals surface area contributed by atoms with E-state index in [0.29, 0.717) is 0 Å². The fourth-order valence-corrected chi connectivity index (χ4v) is 2.19. The molecule has 0 aliphatic rings. The topological polar surface area (TPSA) is 68.8 Å². The molecule has 0 saturated carbocycles. The number of nitrogens with two attached hydrogens (primary N) is 1. The lowest BCUT2D eigenvalue weighted by Gasteiger charge is -2.15. The van der Waals surface area contributed by atoms with Gasteiger partial charge in [-0.2, -0.15) is 5.10 Å². The zero-order chi connectivity index (χ0) is 13.0. The quantitative estimate of drug-likeness (QED) is 0.653. The van der Waals surface area contributed by atoms with E-state index in [9.17, 15) is 0 Å². The Bertz CT molecular complexity index is 511. The molecule has 0 aliphatic carbocycles. The SMILES string of the molecule is CCn1cc(CC(NN)c2cncc(Br)c2)cn1. The zero-order valence-electron chi connectivity index (χ0n) is 10.2. The first-order valence-electron chi connectivity index (χ1n) is 5.80. The summed E-state index contributed by atoms with van der Waals surface area (Å²) in [5, 5.41) is 4.26. The van der Waals surface area contributed by atoms with Crippen molar-refractivity contribution in [2.45, 2.75) is 25.9 Å². The largest absolute Gasteiger partial charge is 0.273 e. The summed E-state index contributed by atoms with van der Waals surface area (Å²) in [4.78, 5) is 4.15. The molecule has 6 heteroatoms. The van der Waals surface area contributed by atoms with E-state index in [2.05, 4.69) is 38.4 Å². The number of nitrogens with zero attached hydrogens (tertiary/aromatic N) is 3. The third kappa shape index (κ3) is 3.16. The van der Waals surface area contributed by atoms with Gasteiger partial charge in [-0.25, -0.2) is 0 Å². The second-order valence-electron chi connectivity index (χ2n) is 4.06. The normalized spacial score (nSPS) is 12.6. The molecule has 2 heterocycles. The molecule has 1 atom stereocenters. The van der Waals surface area contributed by atoms with Gasteiger partial charge in [0.1, 0.15) is 0 Å². The molecular formula is C12H16BrN5. The lowest BCUT2D eigenvalue weighted by Crippen LogP contribution is -2.29. The molecular weight excluding hydrogens is 294 g/mol. The van der Waals surface area contributed by atoms with Crippen LogP contribution in [0.5, 0.6) is 0 Å². The second kappa shape index (κ2) is 6.08. The standard InChI is InChI=1S/C12H16BrN5/c1-2-18-8-9(5-16-18)3-12(17-14)10-4-11(13)7-15-6-10/h4-8,12,17H,2-3,14H2,1H3. The van der Waals surface area contributed by atoms with Crippen LogP contribution in [0, 0.1) is 0 Å². The van der Waals surface area contributed by atoms with Gasteiger partial charge in [0.15, 0.2) is 0 Å². The predicted octanol–water partition coefficient (Wildman–Crippen LogP) is 1.81. The van der Waals surface area contributed by atoms with Crippen LogP contribution in [0.4, 0.5) is 0 Å². The van der Waals surface area contributed by atoms with Gasteiger partial charge < -0.3 is 0 Å². The average Bonchev–Trinajstić information content (AvgIpc) is 2.83. The minimum atomic E-state index is 0.0320. The van der Waals surface area contributed by atoms with Gasteiger partial charge in [0, 0.05) is 29.6 Å². The summed E-state index contributed by atoms with van der Waals surface area (Å²) in [5.74, 6) is 5.62. The molecule has 0 aliphatic heterocycles. The smallest absolute Gasteiger partial charge is 0.0522 e. The highest BCUT2D eigenvalue weighted by molar-refractivity contribution is 9.10. The molecule has 0 bridgehead atoms. The number of rotatable bonds is 5. The summed E-state index contributed by atoms with van der Waals surface area (Å²) in [6.07, 6.45) is 8.27. The minimum Gasteiger partial charge on any atom is -0.273 e. The number of pyridine rings is 1. The van der Waals surface area contributed by atoms with Crippen molar-refractivity contribution < 1.29 is 0 Å². The fourth-order valence-electron chi connectivity index (χ4n) is 1.81. The molecule has 3 N–H and O–H groups in total. The third-order valence-electron chi connectivity index (χ3n) is 2.78. The van der Waals surface area contributed by atoms with Crippen molar-refractivity contribution in [2.24, 2.45) is 5.84 Å². The molecule has 0 saturated heterocycles. The lowest BCUT2D eigenvalue weighted by molar-refractivity contribution is 0.549.